The number of rotatable bonds is 4. The highest BCUT2D eigenvalue weighted by atomic mass is 32.1. The number of aryl methyl sites for hydroxylation is 2. The van der Waals surface area contributed by atoms with Gasteiger partial charge < -0.3 is 0 Å². The molecule has 0 aliphatic carbocycles. The van der Waals surface area contributed by atoms with Crippen LogP contribution in [-0.4, -0.2) is 16.9 Å². The van der Waals surface area contributed by atoms with Crippen molar-refractivity contribution in [3.8, 4) is 11.3 Å². The lowest BCUT2D eigenvalue weighted by atomic mass is 10.1. The molecule has 0 unspecified atom stereocenters. The van der Waals surface area contributed by atoms with Crippen molar-refractivity contribution in [2.75, 3.05) is 0 Å². The molecule has 0 aliphatic rings. The van der Waals surface area contributed by atoms with Crippen LogP contribution in [0.15, 0.2) is 51.2 Å². The quantitative estimate of drug-likeness (QED) is 0.584. The average Bonchev–Trinajstić information content (AvgIpc) is 3.12. The van der Waals surface area contributed by atoms with E-state index in [1.807, 2.05) is 10.9 Å². The summed E-state index contributed by atoms with van der Waals surface area (Å²) in [6.45, 7) is 8.38. The highest BCUT2D eigenvalue weighted by Crippen LogP contribution is 2.21. The van der Waals surface area contributed by atoms with Crippen LogP contribution in [0.4, 0.5) is 0 Å². The number of hydrogen-bond acceptors (Lipinski definition) is 4. The Hall–Kier alpha value is -1.98. The second-order valence-electron chi connectivity index (χ2n) is 6.02. The maximum atomic E-state index is 4.74. The predicted octanol–water partition coefficient (Wildman–Crippen LogP) is 5.09. The zero-order valence-electron chi connectivity index (χ0n) is 14.4. The van der Waals surface area contributed by atoms with Crippen LogP contribution in [-0.2, 0) is 0 Å². The summed E-state index contributed by atoms with van der Waals surface area (Å²) in [6, 6.07) is 10.9. The Morgan fingerprint density at radius 3 is 2.42 bits per heavy atom. The van der Waals surface area contributed by atoms with Gasteiger partial charge in [-0.1, -0.05) is 29.8 Å². The molecule has 0 spiro atoms. The standard InChI is InChI=1S/C19H21N3S2/c1-13(2)21-19-22(20-11-18-15(4)9-10-23-18)17(12-24-19)16-7-5-14(3)6-8-16/h5-13H,1-4H3. The fourth-order valence-electron chi connectivity index (χ4n) is 2.27. The summed E-state index contributed by atoms with van der Waals surface area (Å²) in [7, 11) is 0. The Labute approximate surface area is 150 Å². The van der Waals surface area contributed by atoms with Crippen molar-refractivity contribution in [1.29, 1.82) is 0 Å². The summed E-state index contributed by atoms with van der Waals surface area (Å²) in [5.74, 6) is 0. The SMILES string of the molecule is Cc1ccc(-c2csc(=NC(C)C)n2N=Cc2sccc2C)cc1. The zero-order chi connectivity index (χ0) is 17.1. The maximum Gasteiger partial charge on any atom is 0.206 e. The molecule has 2 heterocycles. The van der Waals surface area contributed by atoms with E-state index in [1.165, 1.54) is 16.0 Å². The van der Waals surface area contributed by atoms with Gasteiger partial charge in [0.05, 0.1) is 16.8 Å². The fourth-order valence-corrected chi connectivity index (χ4v) is 4.02. The van der Waals surface area contributed by atoms with Crippen molar-refractivity contribution in [3.05, 3.63) is 61.9 Å². The molecule has 0 saturated heterocycles. The van der Waals surface area contributed by atoms with Gasteiger partial charge in [-0.25, -0.2) is 4.68 Å². The van der Waals surface area contributed by atoms with Crippen molar-refractivity contribution >= 4 is 28.9 Å². The van der Waals surface area contributed by atoms with Crippen LogP contribution < -0.4 is 4.80 Å². The Balaban J connectivity index is 2.10. The number of thiophene rings is 1. The van der Waals surface area contributed by atoms with Gasteiger partial charge in [0, 0.05) is 17.0 Å². The molecule has 1 aromatic carbocycles. The van der Waals surface area contributed by atoms with E-state index in [2.05, 4.69) is 68.8 Å². The molecular formula is C19H21N3S2. The van der Waals surface area contributed by atoms with Gasteiger partial charge in [0.1, 0.15) is 0 Å². The van der Waals surface area contributed by atoms with Crippen molar-refractivity contribution in [3.63, 3.8) is 0 Å². The summed E-state index contributed by atoms with van der Waals surface area (Å²) in [5.41, 5.74) is 4.73. The second-order valence-corrected chi connectivity index (χ2v) is 7.80. The van der Waals surface area contributed by atoms with Crippen LogP contribution in [0.2, 0.25) is 0 Å². The molecule has 0 saturated carbocycles. The third kappa shape index (κ3) is 3.74. The first kappa shape index (κ1) is 16.9. The van der Waals surface area contributed by atoms with Gasteiger partial charge in [-0.2, -0.15) is 5.10 Å². The topological polar surface area (TPSA) is 29.6 Å². The summed E-state index contributed by atoms with van der Waals surface area (Å²) in [5, 5.41) is 8.96. The van der Waals surface area contributed by atoms with E-state index in [1.54, 1.807) is 22.7 Å². The lowest BCUT2D eigenvalue weighted by molar-refractivity contribution is 0.755. The molecule has 3 nitrogen and oxygen atoms in total. The minimum absolute atomic E-state index is 0.236. The molecule has 0 fully saturated rings. The molecular weight excluding hydrogens is 334 g/mol. The van der Waals surface area contributed by atoms with E-state index in [0.29, 0.717) is 0 Å². The summed E-state index contributed by atoms with van der Waals surface area (Å²) < 4.78 is 1.95. The van der Waals surface area contributed by atoms with Crippen LogP contribution in [0, 0.1) is 13.8 Å². The molecule has 3 rings (SSSR count). The molecule has 0 N–H and O–H groups in total. The minimum atomic E-state index is 0.236. The lowest BCUT2D eigenvalue weighted by Crippen LogP contribution is -2.14. The largest absolute Gasteiger partial charge is 0.255 e. The number of aromatic nitrogens is 1. The Bertz CT molecular complexity index is 909. The van der Waals surface area contributed by atoms with Crippen molar-refractivity contribution in [2.45, 2.75) is 33.7 Å². The van der Waals surface area contributed by atoms with Gasteiger partial charge in [0.25, 0.3) is 0 Å². The van der Waals surface area contributed by atoms with Crippen LogP contribution in [0.5, 0.6) is 0 Å². The van der Waals surface area contributed by atoms with E-state index in [4.69, 9.17) is 10.1 Å². The Kier molecular flexibility index (Phi) is 5.11. The van der Waals surface area contributed by atoms with E-state index in [0.717, 1.165) is 16.1 Å². The first-order valence-electron chi connectivity index (χ1n) is 7.94. The van der Waals surface area contributed by atoms with Gasteiger partial charge in [-0.3, -0.25) is 4.99 Å². The zero-order valence-corrected chi connectivity index (χ0v) is 16.0. The van der Waals surface area contributed by atoms with Crippen molar-refractivity contribution in [1.82, 2.24) is 4.68 Å². The van der Waals surface area contributed by atoms with E-state index >= 15 is 0 Å². The monoisotopic (exact) mass is 355 g/mol. The van der Waals surface area contributed by atoms with Crippen LogP contribution in [0.25, 0.3) is 11.3 Å². The second kappa shape index (κ2) is 7.28. The first-order chi connectivity index (χ1) is 11.5. The Morgan fingerprint density at radius 1 is 1.04 bits per heavy atom. The minimum Gasteiger partial charge on any atom is -0.255 e. The summed E-state index contributed by atoms with van der Waals surface area (Å²) in [6.07, 6.45) is 1.93. The molecule has 24 heavy (non-hydrogen) atoms. The average molecular weight is 356 g/mol. The van der Waals surface area contributed by atoms with Crippen LogP contribution >= 0.6 is 22.7 Å². The van der Waals surface area contributed by atoms with Crippen molar-refractivity contribution in [2.24, 2.45) is 10.1 Å². The number of thiazole rings is 1. The number of hydrogen-bond donors (Lipinski definition) is 0. The first-order valence-corrected chi connectivity index (χ1v) is 9.70. The normalized spacial score (nSPS) is 12.6. The van der Waals surface area contributed by atoms with Gasteiger partial charge in [0.15, 0.2) is 0 Å². The predicted molar refractivity (Wildman–Crippen MR) is 105 cm³/mol. The van der Waals surface area contributed by atoms with Crippen LogP contribution in [0.1, 0.15) is 29.9 Å². The van der Waals surface area contributed by atoms with E-state index < -0.39 is 0 Å². The number of benzene rings is 1. The molecule has 2 aromatic heterocycles. The lowest BCUT2D eigenvalue weighted by Gasteiger charge is -2.04. The highest BCUT2D eigenvalue weighted by molar-refractivity contribution is 7.11. The molecule has 0 atom stereocenters. The highest BCUT2D eigenvalue weighted by Gasteiger charge is 2.08. The molecule has 0 bridgehead atoms. The van der Waals surface area contributed by atoms with Gasteiger partial charge in [-0.15, -0.1) is 22.7 Å². The summed E-state index contributed by atoms with van der Waals surface area (Å²) >= 11 is 3.34. The number of nitrogens with zero attached hydrogens (tertiary/aromatic N) is 3. The molecule has 124 valence electrons. The van der Waals surface area contributed by atoms with Gasteiger partial charge in [-0.05, 0) is 44.7 Å². The maximum absolute atomic E-state index is 4.74. The third-order valence-corrected chi connectivity index (χ3v) is 5.38. The van der Waals surface area contributed by atoms with E-state index in [9.17, 15) is 0 Å². The fraction of sp³-hybridized carbons (Fsp3) is 0.263. The summed E-state index contributed by atoms with van der Waals surface area (Å²) in [4.78, 5) is 6.82. The van der Waals surface area contributed by atoms with Gasteiger partial charge >= 0.3 is 0 Å². The van der Waals surface area contributed by atoms with Crippen LogP contribution in [0.3, 0.4) is 0 Å². The molecule has 0 aliphatic heterocycles. The van der Waals surface area contributed by atoms with E-state index in [-0.39, 0.29) is 6.04 Å². The molecule has 5 heteroatoms. The molecule has 0 amide bonds. The Morgan fingerprint density at radius 2 is 1.79 bits per heavy atom. The smallest absolute Gasteiger partial charge is 0.206 e. The molecule has 3 aromatic rings. The molecule has 0 radical (unpaired) electrons. The van der Waals surface area contributed by atoms with Crippen molar-refractivity contribution < 1.29 is 0 Å². The third-order valence-electron chi connectivity index (χ3n) is 3.59. The van der Waals surface area contributed by atoms with Gasteiger partial charge in [0.2, 0.25) is 4.80 Å².